The van der Waals surface area contributed by atoms with E-state index in [1.165, 1.54) is 0 Å². The number of hydrogen-bond donors (Lipinski definition) is 2. The van der Waals surface area contributed by atoms with Crippen LogP contribution in [0.1, 0.15) is 0 Å². The topological polar surface area (TPSA) is 46.2 Å². The predicted octanol–water partition coefficient (Wildman–Crippen LogP) is 1.91. The average molecular weight is 180 g/mol. The summed E-state index contributed by atoms with van der Waals surface area (Å²) >= 11 is 5.23. The van der Waals surface area contributed by atoms with Crippen molar-refractivity contribution in [1.82, 2.24) is 0 Å². The number of benzene rings is 1. The van der Waals surface area contributed by atoms with Crippen LogP contribution in [0, 0.1) is 11.6 Å². The summed E-state index contributed by atoms with van der Waals surface area (Å²) in [4.78, 5) is 0. The van der Waals surface area contributed by atoms with Gasteiger partial charge in [0.2, 0.25) is 0 Å². The Bertz CT molecular complexity index is 277. The molecule has 1 aromatic rings. The zero-order valence-electron chi connectivity index (χ0n) is 5.24. The minimum atomic E-state index is -1.12. The third-order valence-electron chi connectivity index (χ3n) is 1.18. The van der Waals surface area contributed by atoms with E-state index < -0.39 is 28.1 Å². The normalized spacial score (nSPS) is 10.1. The molecule has 0 aliphatic carbocycles. The van der Waals surface area contributed by atoms with E-state index in [4.69, 9.17) is 22.4 Å². The molecule has 0 amide bonds. The summed E-state index contributed by atoms with van der Waals surface area (Å²) in [5, 5.41) is 8.26. The fraction of sp³-hybridized carbons (Fsp3) is 0. The standard InChI is InChI=1S/C6H4ClF2NO/c7-4-5(10)2(8)1-3(9)6(4)11/h1,11H,10H2. The Hall–Kier alpha value is -1.03. The lowest BCUT2D eigenvalue weighted by atomic mass is 10.3. The SMILES string of the molecule is Nc1c(F)cc(F)c(O)c1Cl. The molecule has 0 heterocycles. The molecule has 60 valence electrons. The van der Waals surface area contributed by atoms with Gasteiger partial charge >= 0.3 is 0 Å². The van der Waals surface area contributed by atoms with Gasteiger partial charge in [0.15, 0.2) is 17.4 Å². The first-order chi connectivity index (χ1) is 5.04. The van der Waals surface area contributed by atoms with Crippen molar-refractivity contribution in [3.05, 3.63) is 22.7 Å². The summed E-state index contributed by atoms with van der Waals surface area (Å²) in [7, 11) is 0. The number of hydrogen-bond acceptors (Lipinski definition) is 2. The maximum absolute atomic E-state index is 12.5. The van der Waals surface area contributed by atoms with Crippen molar-refractivity contribution < 1.29 is 13.9 Å². The number of aromatic hydroxyl groups is 1. The molecule has 3 N–H and O–H groups in total. The Kier molecular flexibility index (Phi) is 1.87. The summed E-state index contributed by atoms with van der Waals surface area (Å²) in [6.07, 6.45) is 0. The molecule has 0 spiro atoms. The first-order valence-corrected chi connectivity index (χ1v) is 3.03. The van der Waals surface area contributed by atoms with E-state index >= 15 is 0 Å². The summed E-state index contributed by atoms with van der Waals surface area (Å²) in [5.41, 5.74) is 4.56. The highest BCUT2D eigenvalue weighted by Crippen LogP contribution is 2.33. The van der Waals surface area contributed by atoms with Gasteiger partial charge in [0.1, 0.15) is 5.02 Å². The van der Waals surface area contributed by atoms with E-state index in [0.717, 1.165) is 0 Å². The molecule has 0 fully saturated rings. The first-order valence-electron chi connectivity index (χ1n) is 2.66. The van der Waals surface area contributed by atoms with Crippen molar-refractivity contribution in [1.29, 1.82) is 0 Å². The minimum Gasteiger partial charge on any atom is -0.504 e. The first kappa shape index (κ1) is 8.07. The van der Waals surface area contributed by atoms with Gasteiger partial charge in [0, 0.05) is 6.07 Å². The molecule has 0 aromatic heterocycles. The van der Waals surface area contributed by atoms with Crippen LogP contribution in [-0.4, -0.2) is 5.11 Å². The predicted molar refractivity (Wildman–Crippen MR) is 37.4 cm³/mol. The highest BCUT2D eigenvalue weighted by Gasteiger charge is 2.13. The molecule has 0 bridgehead atoms. The second-order valence-electron chi connectivity index (χ2n) is 1.92. The van der Waals surface area contributed by atoms with E-state index in [2.05, 4.69) is 0 Å². The van der Waals surface area contributed by atoms with Crippen LogP contribution in [0.5, 0.6) is 5.75 Å². The van der Waals surface area contributed by atoms with Gasteiger partial charge in [-0.05, 0) is 0 Å². The molecule has 0 atom stereocenters. The van der Waals surface area contributed by atoms with Crippen molar-refractivity contribution in [3.8, 4) is 5.75 Å². The van der Waals surface area contributed by atoms with Crippen molar-refractivity contribution in [3.63, 3.8) is 0 Å². The van der Waals surface area contributed by atoms with Crippen LogP contribution in [0.15, 0.2) is 6.07 Å². The largest absolute Gasteiger partial charge is 0.504 e. The smallest absolute Gasteiger partial charge is 0.172 e. The molecule has 0 aliphatic heterocycles. The second kappa shape index (κ2) is 2.54. The molecule has 0 radical (unpaired) electrons. The average Bonchev–Trinajstić information content (AvgIpc) is 1.97. The van der Waals surface area contributed by atoms with Crippen molar-refractivity contribution >= 4 is 17.3 Å². The third kappa shape index (κ3) is 1.21. The zero-order chi connectivity index (χ0) is 8.59. The Balaban J connectivity index is 3.46. The lowest BCUT2D eigenvalue weighted by Crippen LogP contribution is -1.93. The molecule has 1 rings (SSSR count). The molecule has 0 saturated heterocycles. The van der Waals surface area contributed by atoms with Gasteiger partial charge < -0.3 is 10.8 Å². The number of anilines is 1. The molecular formula is C6H4ClF2NO. The number of phenols is 1. The summed E-state index contributed by atoms with van der Waals surface area (Å²) in [6.45, 7) is 0. The van der Waals surface area contributed by atoms with E-state index in [9.17, 15) is 8.78 Å². The van der Waals surface area contributed by atoms with Crippen molar-refractivity contribution in [2.45, 2.75) is 0 Å². The van der Waals surface area contributed by atoms with E-state index in [1.807, 2.05) is 0 Å². The monoisotopic (exact) mass is 179 g/mol. The van der Waals surface area contributed by atoms with Gasteiger partial charge in [-0.3, -0.25) is 0 Å². The summed E-state index contributed by atoms with van der Waals surface area (Å²) < 4.78 is 24.9. The maximum Gasteiger partial charge on any atom is 0.172 e. The van der Waals surface area contributed by atoms with Crippen LogP contribution in [0.4, 0.5) is 14.5 Å². The Labute approximate surface area is 66.2 Å². The van der Waals surface area contributed by atoms with Crippen LogP contribution >= 0.6 is 11.6 Å². The van der Waals surface area contributed by atoms with Gasteiger partial charge in [-0.1, -0.05) is 11.6 Å². The third-order valence-corrected chi connectivity index (χ3v) is 1.56. The Morgan fingerprint density at radius 3 is 2.45 bits per heavy atom. The number of nitrogen functional groups attached to an aromatic ring is 1. The zero-order valence-corrected chi connectivity index (χ0v) is 5.99. The Morgan fingerprint density at radius 2 is 1.91 bits per heavy atom. The molecule has 1 aromatic carbocycles. The quantitative estimate of drug-likeness (QED) is 0.598. The molecule has 0 aliphatic rings. The highest BCUT2D eigenvalue weighted by molar-refractivity contribution is 6.34. The fourth-order valence-electron chi connectivity index (χ4n) is 0.595. The Morgan fingerprint density at radius 1 is 1.36 bits per heavy atom. The van der Waals surface area contributed by atoms with Crippen LogP contribution < -0.4 is 5.73 Å². The summed E-state index contributed by atoms with van der Waals surface area (Å²) in [6, 6.07) is 0.469. The second-order valence-corrected chi connectivity index (χ2v) is 2.29. The van der Waals surface area contributed by atoms with Gasteiger partial charge in [-0.15, -0.1) is 0 Å². The number of rotatable bonds is 0. The van der Waals surface area contributed by atoms with Crippen molar-refractivity contribution in [2.24, 2.45) is 0 Å². The van der Waals surface area contributed by atoms with E-state index in [0.29, 0.717) is 6.07 Å². The van der Waals surface area contributed by atoms with Crippen LogP contribution in [0.2, 0.25) is 5.02 Å². The lowest BCUT2D eigenvalue weighted by molar-refractivity contribution is 0.429. The van der Waals surface area contributed by atoms with Gasteiger partial charge in [-0.25, -0.2) is 8.78 Å². The highest BCUT2D eigenvalue weighted by atomic mass is 35.5. The number of halogens is 3. The van der Waals surface area contributed by atoms with Gasteiger partial charge in [0.25, 0.3) is 0 Å². The molecule has 11 heavy (non-hydrogen) atoms. The van der Waals surface area contributed by atoms with Gasteiger partial charge in [0.05, 0.1) is 5.69 Å². The number of phenolic OH excluding ortho intramolecular Hbond substituents is 1. The van der Waals surface area contributed by atoms with E-state index in [1.54, 1.807) is 0 Å². The lowest BCUT2D eigenvalue weighted by Gasteiger charge is -2.02. The van der Waals surface area contributed by atoms with Crippen LogP contribution in [-0.2, 0) is 0 Å². The van der Waals surface area contributed by atoms with Gasteiger partial charge in [-0.2, -0.15) is 0 Å². The van der Waals surface area contributed by atoms with Crippen LogP contribution in [0.3, 0.4) is 0 Å². The fourth-order valence-corrected chi connectivity index (χ4v) is 0.775. The maximum atomic E-state index is 12.5. The van der Waals surface area contributed by atoms with Crippen molar-refractivity contribution in [2.75, 3.05) is 5.73 Å². The molecule has 2 nitrogen and oxygen atoms in total. The molecular weight excluding hydrogens is 176 g/mol. The van der Waals surface area contributed by atoms with E-state index in [-0.39, 0.29) is 0 Å². The molecule has 5 heteroatoms. The molecule has 0 saturated carbocycles. The summed E-state index contributed by atoms with van der Waals surface area (Å²) in [5.74, 6) is -2.93. The number of nitrogens with two attached hydrogens (primary N) is 1. The van der Waals surface area contributed by atoms with Crippen LogP contribution in [0.25, 0.3) is 0 Å². The molecule has 0 unspecified atom stereocenters. The minimum absolute atomic E-state index is 0.453.